The average Bonchev–Trinajstić information content (AvgIpc) is 2.82. The third-order valence-corrected chi connectivity index (χ3v) is 3.64. The van der Waals surface area contributed by atoms with Crippen LogP contribution in [-0.2, 0) is 9.53 Å². The molecule has 0 saturated carbocycles. The minimum absolute atomic E-state index is 0.237. The Hall–Kier alpha value is -0.870. The monoisotopic (exact) mass is 254 g/mol. The fraction of sp³-hybridized carbons (Fsp3) is 0.786. The summed E-state index contributed by atoms with van der Waals surface area (Å²) in [6.07, 6.45) is 4.54. The Morgan fingerprint density at radius 3 is 2.89 bits per heavy atom. The molecule has 0 spiro atoms. The van der Waals surface area contributed by atoms with Crippen molar-refractivity contribution in [3.63, 3.8) is 0 Å². The van der Waals surface area contributed by atoms with Gasteiger partial charge in [-0.25, -0.2) is 4.79 Å². The van der Waals surface area contributed by atoms with Gasteiger partial charge in [-0.15, -0.1) is 0 Å². The first-order chi connectivity index (χ1) is 8.58. The molecule has 1 atom stereocenters. The van der Waals surface area contributed by atoms with Crippen LogP contribution in [0.4, 0.5) is 0 Å². The molecule has 0 bridgehead atoms. The molecule has 0 N–H and O–H groups in total. The maximum absolute atomic E-state index is 11.2. The number of likely N-dealkylation sites (tertiary alicyclic amines) is 1. The quantitative estimate of drug-likeness (QED) is 0.531. The van der Waals surface area contributed by atoms with Gasteiger partial charge in [-0.3, -0.25) is 4.90 Å². The lowest BCUT2D eigenvalue weighted by Crippen LogP contribution is -2.38. The highest BCUT2D eigenvalue weighted by Gasteiger charge is 2.23. The number of ether oxygens (including phenoxy) is 1. The molecular formula is C14H26N2O2. The molecule has 4 heteroatoms. The molecule has 0 aliphatic carbocycles. The second-order valence-electron chi connectivity index (χ2n) is 5.02. The number of rotatable bonds is 6. The van der Waals surface area contributed by atoms with Crippen LogP contribution in [0.5, 0.6) is 0 Å². The van der Waals surface area contributed by atoms with Gasteiger partial charge in [0.05, 0.1) is 7.11 Å². The Bertz CT molecular complexity index is 302. The van der Waals surface area contributed by atoms with Crippen LogP contribution in [-0.4, -0.2) is 62.1 Å². The van der Waals surface area contributed by atoms with E-state index in [1.165, 1.54) is 26.5 Å². The highest BCUT2D eigenvalue weighted by Crippen LogP contribution is 2.17. The maximum Gasteiger partial charge on any atom is 0.333 e. The fourth-order valence-corrected chi connectivity index (χ4v) is 2.49. The molecule has 1 fully saturated rings. The predicted molar refractivity (Wildman–Crippen MR) is 73.5 cm³/mol. The zero-order valence-electron chi connectivity index (χ0n) is 12.1. The van der Waals surface area contributed by atoms with Crippen LogP contribution in [0.2, 0.25) is 0 Å². The number of likely N-dealkylation sites (N-methyl/N-ethyl adjacent to an activating group) is 2. The lowest BCUT2D eigenvalue weighted by Gasteiger charge is -2.27. The summed E-state index contributed by atoms with van der Waals surface area (Å²) in [5, 5.41) is 0. The molecule has 4 nitrogen and oxygen atoms in total. The minimum atomic E-state index is -0.237. The van der Waals surface area contributed by atoms with Gasteiger partial charge in [0.2, 0.25) is 0 Å². The molecule has 0 radical (unpaired) electrons. The summed E-state index contributed by atoms with van der Waals surface area (Å²) in [5.41, 5.74) is 0.683. The standard InChI is InChI=1S/C14H26N2O2/c1-5-16-9-6-7-13(16)11-15(3)10-8-12(2)14(17)18-4/h8,13H,5-7,9-11H2,1-4H3/b12-8+. The van der Waals surface area contributed by atoms with Crippen LogP contribution >= 0.6 is 0 Å². The summed E-state index contributed by atoms with van der Waals surface area (Å²) in [6, 6.07) is 0.673. The molecule has 1 aliphatic heterocycles. The van der Waals surface area contributed by atoms with E-state index in [-0.39, 0.29) is 5.97 Å². The second-order valence-corrected chi connectivity index (χ2v) is 5.02. The summed E-state index contributed by atoms with van der Waals surface area (Å²) >= 11 is 0. The van der Waals surface area contributed by atoms with Crippen molar-refractivity contribution in [3.8, 4) is 0 Å². The average molecular weight is 254 g/mol. The third-order valence-electron chi connectivity index (χ3n) is 3.64. The maximum atomic E-state index is 11.2. The predicted octanol–water partition coefficient (Wildman–Crippen LogP) is 1.52. The first-order valence-electron chi connectivity index (χ1n) is 6.76. The van der Waals surface area contributed by atoms with E-state index in [0.717, 1.165) is 19.6 Å². The highest BCUT2D eigenvalue weighted by molar-refractivity contribution is 5.87. The molecule has 1 saturated heterocycles. The second kappa shape index (κ2) is 7.54. The van der Waals surface area contributed by atoms with Crippen molar-refractivity contribution in [1.29, 1.82) is 0 Å². The molecule has 1 aliphatic rings. The summed E-state index contributed by atoms with van der Waals surface area (Å²) in [5.74, 6) is -0.237. The van der Waals surface area contributed by atoms with E-state index in [1.54, 1.807) is 6.92 Å². The van der Waals surface area contributed by atoms with Crippen molar-refractivity contribution in [2.24, 2.45) is 0 Å². The molecule has 0 aromatic carbocycles. The normalized spacial score (nSPS) is 21.6. The van der Waals surface area contributed by atoms with Crippen molar-refractivity contribution in [2.75, 3.05) is 40.3 Å². The van der Waals surface area contributed by atoms with E-state index in [9.17, 15) is 4.79 Å². The summed E-state index contributed by atoms with van der Waals surface area (Å²) in [4.78, 5) is 16.1. The van der Waals surface area contributed by atoms with Crippen LogP contribution in [0.25, 0.3) is 0 Å². The van der Waals surface area contributed by atoms with Gasteiger partial charge in [0.15, 0.2) is 0 Å². The Labute approximate surface area is 111 Å². The van der Waals surface area contributed by atoms with Gasteiger partial charge in [0.25, 0.3) is 0 Å². The number of hydrogen-bond donors (Lipinski definition) is 0. The SMILES string of the molecule is CCN1CCCC1CN(C)C/C=C(\C)C(=O)OC. The lowest BCUT2D eigenvalue weighted by atomic mass is 10.2. The van der Waals surface area contributed by atoms with E-state index < -0.39 is 0 Å². The Balaban J connectivity index is 2.37. The topological polar surface area (TPSA) is 32.8 Å². The van der Waals surface area contributed by atoms with E-state index in [4.69, 9.17) is 0 Å². The zero-order valence-corrected chi connectivity index (χ0v) is 12.1. The summed E-state index contributed by atoms with van der Waals surface area (Å²) in [7, 11) is 3.52. The number of hydrogen-bond acceptors (Lipinski definition) is 4. The summed E-state index contributed by atoms with van der Waals surface area (Å²) in [6.45, 7) is 8.25. The molecular weight excluding hydrogens is 228 g/mol. The van der Waals surface area contributed by atoms with E-state index in [0.29, 0.717) is 11.6 Å². The van der Waals surface area contributed by atoms with E-state index in [1.807, 2.05) is 6.08 Å². The number of nitrogens with zero attached hydrogens (tertiary/aromatic N) is 2. The van der Waals surface area contributed by atoms with Gasteiger partial charge in [0, 0.05) is 24.7 Å². The van der Waals surface area contributed by atoms with Crippen molar-refractivity contribution >= 4 is 5.97 Å². The number of carbonyl (C=O) groups excluding carboxylic acids is 1. The minimum Gasteiger partial charge on any atom is -0.466 e. The van der Waals surface area contributed by atoms with E-state index in [2.05, 4.69) is 28.5 Å². The third kappa shape index (κ3) is 4.42. The van der Waals surface area contributed by atoms with Gasteiger partial charge in [-0.2, -0.15) is 0 Å². The highest BCUT2D eigenvalue weighted by atomic mass is 16.5. The first-order valence-corrected chi connectivity index (χ1v) is 6.76. The van der Waals surface area contributed by atoms with Gasteiger partial charge >= 0.3 is 5.97 Å². The number of methoxy groups -OCH3 is 1. The smallest absolute Gasteiger partial charge is 0.333 e. The number of carbonyl (C=O) groups is 1. The summed E-state index contributed by atoms with van der Waals surface area (Å²) < 4.78 is 4.68. The van der Waals surface area contributed by atoms with Gasteiger partial charge in [-0.05, 0) is 39.9 Å². The van der Waals surface area contributed by atoms with Crippen LogP contribution in [0.1, 0.15) is 26.7 Å². The molecule has 18 heavy (non-hydrogen) atoms. The largest absolute Gasteiger partial charge is 0.466 e. The van der Waals surface area contributed by atoms with Crippen molar-refractivity contribution in [2.45, 2.75) is 32.7 Å². The van der Waals surface area contributed by atoms with E-state index >= 15 is 0 Å². The Kier molecular flexibility index (Phi) is 6.36. The van der Waals surface area contributed by atoms with Crippen molar-refractivity contribution in [3.05, 3.63) is 11.6 Å². The van der Waals surface area contributed by atoms with Crippen LogP contribution in [0, 0.1) is 0 Å². The molecule has 1 rings (SSSR count). The molecule has 0 amide bonds. The van der Waals surface area contributed by atoms with Gasteiger partial charge in [-0.1, -0.05) is 13.0 Å². The lowest BCUT2D eigenvalue weighted by molar-refractivity contribution is -0.136. The Morgan fingerprint density at radius 1 is 1.56 bits per heavy atom. The first kappa shape index (κ1) is 15.2. The van der Waals surface area contributed by atoms with Crippen LogP contribution in [0.15, 0.2) is 11.6 Å². The fourth-order valence-electron chi connectivity index (χ4n) is 2.49. The van der Waals surface area contributed by atoms with Crippen LogP contribution < -0.4 is 0 Å². The molecule has 0 aromatic rings. The van der Waals surface area contributed by atoms with Gasteiger partial charge in [0.1, 0.15) is 0 Å². The zero-order chi connectivity index (χ0) is 13.5. The molecule has 0 aromatic heterocycles. The van der Waals surface area contributed by atoms with Crippen LogP contribution in [0.3, 0.4) is 0 Å². The van der Waals surface area contributed by atoms with Gasteiger partial charge < -0.3 is 9.64 Å². The Morgan fingerprint density at radius 2 is 2.28 bits per heavy atom. The molecule has 104 valence electrons. The number of esters is 1. The van der Waals surface area contributed by atoms with Crippen molar-refractivity contribution in [1.82, 2.24) is 9.80 Å². The molecule has 1 unspecified atom stereocenters. The van der Waals surface area contributed by atoms with Crippen molar-refractivity contribution < 1.29 is 9.53 Å². The molecule has 1 heterocycles.